The van der Waals surface area contributed by atoms with Gasteiger partial charge in [-0.15, -0.1) is 0 Å². The van der Waals surface area contributed by atoms with Crippen LogP contribution < -0.4 is 10.6 Å². The first-order valence-electron chi connectivity index (χ1n) is 7.78. The zero-order valence-electron chi connectivity index (χ0n) is 14.0. The molecule has 0 aromatic carbocycles. The highest BCUT2D eigenvalue weighted by Gasteiger charge is 2.22. The number of hydrogen-bond acceptors (Lipinski definition) is 6. The minimum absolute atomic E-state index is 0.124. The van der Waals surface area contributed by atoms with Crippen LogP contribution in [0.25, 0.3) is 0 Å². The van der Waals surface area contributed by atoms with Crippen LogP contribution in [0.5, 0.6) is 0 Å². The number of amides is 2. The number of aliphatic hydroxyl groups excluding tert-OH is 1. The number of unbranched alkanes of at least 4 members (excludes halogenated alkanes) is 1. The highest BCUT2D eigenvalue weighted by atomic mass is 16.5. The van der Waals surface area contributed by atoms with Crippen molar-refractivity contribution in [3.8, 4) is 0 Å². The Hall–Kier alpha value is -2.00. The van der Waals surface area contributed by atoms with E-state index in [0.29, 0.717) is 25.8 Å². The van der Waals surface area contributed by atoms with Crippen molar-refractivity contribution in [3.05, 3.63) is 0 Å². The third kappa shape index (κ3) is 10.7. The average molecular weight is 346 g/mol. The Morgan fingerprint density at radius 1 is 1.04 bits per heavy atom. The fourth-order valence-electron chi connectivity index (χ4n) is 1.91. The molecule has 24 heavy (non-hydrogen) atoms. The number of Topliss-reactive ketones (excluding diaryl/α,β-unsaturated/α-hetero) is 1. The van der Waals surface area contributed by atoms with Crippen LogP contribution in [-0.4, -0.2) is 66.2 Å². The normalized spacial score (nSPS) is 11.8. The van der Waals surface area contributed by atoms with Gasteiger partial charge in [0.05, 0.1) is 6.04 Å². The lowest BCUT2D eigenvalue weighted by molar-refractivity contribution is -0.144. The first-order valence-corrected chi connectivity index (χ1v) is 7.78. The molecule has 4 N–H and O–H groups in total. The van der Waals surface area contributed by atoms with E-state index in [0.717, 1.165) is 0 Å². The van der Waals surface area contributed by atoms with Gasteiger partial charge >= 0.3 is 5.97 Å². The molecule has 0 rings (SSSR count). The molecule has 0 aromatic rings. The Bertz CT molecular complexity index is 438. The number of carbonyl (C=O) groups excluding carboxylic acids is 3. The van der Waals surface area contributed by atoms with Gasteiger partial charge in [-0.3, -0.25) is 14.4 Å². The number of aliphatic carboxylic acids is 1. The summed E-state index contributed by atoms with van der Waals surface area (Å²) < 4.78 is 4.69. The number of hydrogen-bond donors (Lipinski definition) is 4. The monoisotopic (exact) mass is 346 g/mol. The first kappa shape index (κ1) is 22.0. The summed E-state index contributed by atoms with van der Waals surface area (Å²) in [5.74, 6) is -2.58. The topological polar surface area (TPSA) is 142 Å². The van der Waals surface area contributed by atoms with Crippen molar-refractivity contribution in [2.24, 2.45) is 5.92 Å². The van der Waals surface area contributed by atoms with Crippen LogP contribution in [0.2, 0.25) is 0 Å². The molecule has 0 fully saturated rings. The molecule has 0 unspecified atom stereocenters. The number of aliphatic hydroxyl groups is 1. The summed E-state index contributed by atoms with van der Waals surface area (Å²) in [4.78, 5) is 45.0. The van der Waals surface area contributed by atoms with E-state index in [-0.39, 0.29) is 11.7 Å². The molecule has 0 radical (unpaired) electrons. The third-order valence-corrected chi connectivity index (χ3v) is 3.09. The SMILES string of the molecule is CC(C)C(=O)[C@H](CCCCNC(=O)CO)NC(=O)COCC(=O)O. The van der Waals surface area contributed by atoms with Gasteiger partial charge in [0.2, 0.25) is 11.8 Å². The van der Waals surface area contributed by atoms with Crippen LogP contribution in [0.4, 0.5) is 0 Å². The largest absolute Gasteiger partial charge is 0.480 e. The molecule has 0 heterocycles. The second kappa shape index (κ2) is 12.4. The molecule has 2 amide bonds. The summed E-state index contributed by atoms with van der Waals surface area (Å²) >= 11 is 0. The summed E-state index contributed by atoms with van der Waals surface area (Å²) in [6.45, 7) is 2.24. The molecule has 0 bridgehead atoms. The van der Waals surface area contributed by atoms with Crippen molar-refractivity contribution < 1.29 is 34.1 Å². The van der Waals surface area contributed by atoms with Gasteiger partial charge in [0.15, 0.2) is 5.78 Å². The minimum atomic E-state index is -1.18. The number of ether oxygens (including phenoxy) is 1. The Labute approximate surface area is 140 Å². The van der Waals surface area contributed by atoms with Gasteiger partial charge in [-0.1, -0.05) is 13.8 Å². The van der Waals surface area contributed by atoms with Crippen LogP contribution >= 0.6 is 0 Å². The predicted molar refractivity (Wildman–Crippen MR) is 84.2 cm³/mol. The standard InChI is InChI=1S/C15H26N2O7/c1-10(2)15(23)11(5-3-4-6-16-12(19)7-18)17-13(20)8-24-9-14(21)22/h10-11,18H,3-9H2,1-2H3,(H,16,19)(H,17,20)(H,21,22)/t11-/m0/s1. The average Bonchev–Trinajstić information content (AvgIpc) is 2.51. The van der Waals surface area contributed by atoms with Gasteiger partial charge in [-0.2, -0.15) is 0 Å². The quantitative estimate of drug-likeness (QED) is 0.316. The Balaban J connectivity index is 4.28. The van der Waals surface area contributed by atoms with E-state index >= 15 is 0 Å². The van der Waals surface area contributed by atoms with Gasteiger partial charge in [0, 0.05) is 12.5 Å². The molecule has 9 heteroatoms. The van der Waals surface area contributed by atoms with Crippen LogP contribution in [-0.2, 0) is 23.9 Å². The maximum Gasteiger partial charge on any atom is 0.329 e. The van der Waals surface area contributed by atoms with Crippen LogP contribution in [0.15, 0.2) is 0 Å². The van der Waals surface area contributed by atoms with Crippen molar-refractivity contribution in [1.82, 2.24) is 10.6 Å². The summed E-state index contributed by atoms with van der Waals surface area (Å²) in [7, 11) is 0. The fourth-order valence-corrected chi connectivity index (χ4v) is 1.91. The molecule has 0 saturated heterocycles. The van der Waals surface area contributed by atoms with Gasteiger partial charge in [0.25, 0.3) is 0 Å². The van der Waals surface area contributed by atoms with E-state index in [1.165, 1.54) is 0 Å². The highest BCUT2D eigenvalue weighted by molar-refractivity contribution is 5.90. The molecule has 0 saturated carbocycles. The second-order valence-corrected chi connectivity index (χ2v) is 5.57. The fraction of sp³-hybridized carbons (Fsp3) is 0.733. The number of ketones is 1. The number of nitrogens with one attached hydrogen (secondary N) is 2. The maximum absolute atomic E-state index is 12.1. The molecule has 0 aromatic heterocycles. The number of carbonyl (C=O) groups is 4. The van der Waals surface area contributed by atoms with E-state index in [1.54, 1.807) is 13.8 Å². The molecule has 0 aliphatic rings. The van der Waals surface area contributed by atoms with Crippen molar-refractivity contribution in [2.75, 3.05) is 26.4 Å². The van der Waals surface area contributed by atoms with E-state index in [1.807, 2.05) is 0 Å². The molecule has 1 atom stereocenters. The van der Waals surface area contributed by atoms with Crippen LogP contribution in [0, 0.1) is 5.92 Å². The zero-order valence-corrected chi connectivity index (χ0v) is 14.0. The number of carboxylic acid groups (broad SMARTS) is 1. The van der Waals surface area contributed by atoms with E-state index in [2.05, 4.69) is 15.4 Å². The lowest BCUT2D eigenvalue weighted by Gasteiger charge is -2.19. The molecule has 0 aliphatic carbocycles. The Morgan fingerprint density at radius 2 is 1.71 bits per heavy atom. The van der Waals surface area contributed by atoms with E-state index < -0.39 is 43.6 Å². The van der Waals surface area contributed by atoms with Crippen molar-refractivity contribution in [1.29, 1.82) is 0 Å². The molecular weight excluding hydrogens is 320 g/mol. The highest BCUT2D eigenvalue weighted by Crippen LogP contribution is 2.08. The molecular formula is C15H26N2O7. The predicted octanol–water partition coefficient (Wildman–Crippen LogP) is -0.924. The molecule has 138 valence electrons. The summed E-state index contributed by atoms with van der Waals surface area (Å²) in [6.07, 6.45) is 1.58. The van der Waals surface area contributed by atoms with Crippen LogP contribution in [0.1, 0.15) is 33.1 Å². The summed E-state index contributed by atoms with van der Waals surface area (Å²) in [6, 6.07) is -0.681. The van der Waals surface area contributed by atoms with E-state index in [9.17, 15) is 19.2 Å². The van der Waals surface area contributed by atoms with Crippen LogP contribution in [0.3, 0.4) is 0 Å². The zero-order chi connectivity index (χ0) is 18.5. The van der Waals surface area contributed by atoms with Crippen molar-refractivity contribution in [3.63, 3.8) is 0 Å². The lowest BCUT2D eigenvalue weighted by atomic mass is 9.97. The molecule has 0 spiro atoms. The van der Waals surface area contributed by atoms with Gasteiger partial charge < -0.3 is 25.6 Å². The summed E-state index contributed by atoms with van der Waals surface area (Å²) in [5.41, 5.74) is 0. The second-order valence-electron chi connectivity index (χ2n) is 5.57. The minimum Gasteiger partial charge on any atom is -0.480 e. The Morgan fingerprint density at radius 3 is 2.25 bits per heavy atom. The van der Waals surface area contributed by atoms with Gasteiger partial charge in [-0.05, 0) is 19.3 Å². The first-order chi connectivity index (χ1) is 11.3. The van der Waals surface area contributed by atoms with E-state index in [4.69, 9.17) is 10.2 Å². The molecule has 9 nitrogen and oxygen atoms in total. The number of rotatable bonds is 13. The van der Waals surface area contributed by atoms with Gasteiger partial charge in [0.1, 0.15) is 19.8 Å². The lowest BCUT2D eigenvalue weighted by Crippen LogP contribution is -2.44. The van der Waals surface area contributed by atoms with Crippen molar-refractivity contribution >= 4 is 23.6 Å². The third-order valence-electron chi connectivity index (χ3n) is 3.09. The maximum atomic E-state index is 12.1. The van der Waals surface area contributed by atoms with Gasteiger partial charge in [-0.25, -0.2) is 4.79 Å². The number of carboxylic acids is 1. The molecule has 0 aliphatic heterocycles. The van der Waals surface area contributed by atoms with Crippen molar-refractivity contribution in [2.45, 2.75) is 39.2 Å². The Kier molecular flexibility index (Phi) is 11.4. The summed E-state index contributed by atoms with van der Waals surface area (Å²) in [5, 5.41) is 22.1. The smallest absolute Gasteiger partial charge is 0.329 e.